The summed E-state index contributed by atoms with van der Waals surface area (Å²) in [6.07, 6.45) is 5.05. The molecule has 1 unspecified atom stereocenters. The number of carbonyl (C=O) groups excluding carboxylic acids is 2. The van der Waals surface area contributed by atoms with Gasteiger partial charge in [0.1, 0.15) is 23.7 Å². The molecule has 2 saturated heterocycles. The number of nitrogens with one attached hydrogen (secondary N) is 2. The molecule has 2 aliphatic heterocycles. The fourth-order valence-corrected chi connectivity index (χ4v) is 3.46. The molecule has 2 aromatic rings. The topological polar surface area (TPSA) is 102 Å². The summed E-state index contributed by atoms with van der Waals surface area (Å²) >= 11 is 0. The van der Waals surface area contributed by atoms with E-state index < -0.39 is 5.60 Å². The van der Waals surface area contributed by atoms with Crippen LogP contribution in [-0.4, -0.2) is 52.0 Å². The van der Waals surface area contributed by atoms with Crippen molar-refractivity contribution in [3.63, 3.8) is 0 Å². The molecule has 2 aliphatic rings. The number of carbonyl (C=O) groups is 2. The van der Waals surface area contributed by atoms with Gasteiger partial charge < -0.3 is 19.4 Å². The second-order valence-corrected chi connectivity index (χ2v) is 6.65. The van der Waals surface area contributed by atoms with Crippen LogP contribution in [0.25, 0.3) is 0 Å². The standard InChI is InChI=1S/C17H21N5O4/c23-15(20-14-4-7-19-22(14)11-13-3-1-10-25-13)21-8-2-5-17(6-9-21)12-18-16(24)26-17/h1,3-4,7,10H,2,5-6,8-9,11-12H2,(H,18,24)(H,20,23). The van der Waals surface area contributed by atoms with Crippen LogP contribution in [0.15, 0.2) is 35.1 Å². The van der Waals surface area contributed by atoms with Gasteiger partial charge >= 0.3 is 12.1 Å². The summed E-state index contributed by atoms with van der Waals surface area (Å²) in [7, 11) is 0. The lowest BCUT2D eigenvalue weighted by atomic mass is 9.95. The van der Waals surface area contributed by atoms with Crippen LogP contribution in [0.5, 0.6) is 0 Å². The van der Waals surface area contributed by atoms with Crippen molar-refractivity contribution in [2.45, 2.75) is 31.4 Å². The SMILES string of the molecule is O=C1NCC2(CCCN(C(=O)Nc3ccnn3Cc3ccco3)CC2)O1. The molecular formula is C17H21N5O4. The van der Waals surface area contributed by atoms with Crippen molar-refractivity contribution < 1.29 is 18.7 Å². The van der Waals surface area contributed by atoms with E-state index in [0.717, 1.165) is 18.6 Å². The molecule has 0 saturated carbocycles. The number of hydrogen-bond donors (Lipinski definition) is 2. The number of furan rings is 1. The second-order valence-electron chi connectivity index (χ2n) is 6.65. The normalized spacial score (nSPS) is 22.8. The number of anilines is 1. The number of likely N-dealkylation sites (tertiary alicyclic amines) is 1. The Bertz CT molecular complexity index is 787. The first kappa shape index (κ1) is 16.5. The van der Waals surface area contributed by atoms with Crippen LogP contribution in [0.2, 0.25) is 0 Å². The van der Waals surface area contributed by atoms with Gasteiger partial charge in [-0.05, 0) is 25.0 Å². The van der Waals surface area contributed by atoms with Crippen LogP contribution in [0, 0.1) is 0 Å². The molecule has 9 nitrogen and oxygen atoms in total. The molecule has 4 heterocycles. The van der Waals surface area contributed by atoms with E-state index in [1.54, 1.807) is 28.1 Å². The van der Waals surface area contributed by atoms with Gasteiger partial charge in [-0.1, -0.05) is 0 Å². The number of amides is 3. The fraction of sp³-hybridized carbons (Fsp3) is 0.471. The van der Waals surface area contributed by atoms with E-state index in [4.69, 9.17) is 9.15 Å². The number of nitrogens with zero attached hydrogens (tertiary/aromatic N) is 3. The molecule has 9 heteroatoms. The van der Waals surface area contributed by atoms with Gasteiger partial charge in [-0.15, -0.1) is 0 Å². The van der Waals surface area contributed by atoms with Crippen LogP contribution in [0.1, 0.15) is 25.0 Å². The largest absolute Gasteiger partial charge is 0.467 e. The first-order valence-electron chi connectivity index (χ1n) is 8.71. The maximum Gasteiger partial charge on any atom is 0.407 e. The number of alkyl carbamates (subject to hydrolysis) is 1. The summed E-state index contributed by atoms with van der Waals surface area (Å²) in [5, 5.41) is 9.86. The van der Waals surface area contributed by atoms with Gasteiger partial charge in [0.2, 0.25) is 0 Å². The van der Waals surface area contributed by atoms with Crippen LogP contribution in [0.3, 0.4) is 0 Å². The lowest BCUT2D eigenvalue weighted by Gasteiger charge is -2.25. The molecule has 138 valence electrons. The number of urea groups is 1. The van der Waals surface area contributed by atoms with Crippen molar-refractivity contribution in [1.82, 2.24) is 20.0 Å². The van der Waals surface area contributed by atoms with Crippen molar-refractivity contribution in [1.29, 1.82) is 0 Å². The molecule has 2 N–H and O–H groups in total. The van der Waals surface area contributed by atoms with Crippen LogP contribution < -0.4 is 10.6 Å². The first-order valence-corrected chi connectivity index (χ1v) is 8.71. The minimum atomic E-state index is -0.479. The summed E-state index contributed by atoms with van der Waals surface area (Å²) < 4.78 is 12.5. The van der Waals surface area contributed by atoms with Crippen molar-refractivity contribution >= 4 is 17.9 Å². The van der Waals surface area contributed by atoms with Gasteiger partial charge in [0.25, 0.3) is 0 Å². The molecule has 2 aromatic heterocycles. The molecule has 0 aromatic carbocycles. The molecule has 0 aliphatic carbocycles. The van der Waals surface area contributed by atoms with Gasteiger partial charge in [-0.25, -0.2) is 14.3 Å². The predicted molar refractivity (Wildman–Crippen MR) is 91.7 cm³/mol. The Morgan fingerprint density at radius 2 is 2.27 bits per heavy atom. The summed E-state index contributed by atoms with van der Waals surface area (Å²) in [6, 6.07) is 5.25. The highest BCUT2D eigenvalue weighted by Crippen LogP contribution is 2.29. The van der Waals surface area contributed by atoms with E-state index in [9.17, 15) is 9.59 Å². The quantitative estimate of drug-likeness (QED) is 0.873. The Balaban J connectivity index is 1.38. The average molecular weight is 359 g/mol. The summed E-state index contributed by atoms with van der Waals surface area (Å²) in [5.74, 6) is 1.37. The predicted octanol–water partition coefficient (Wildman–Crippen LogP) is 2.02. The molecular weight excluding hydrogens is 338 g/mol. The minimum Gasteiger partial charge on any atom is -0.467 e. The summed E-state index contributed by atoms with van der Waals surface area (Å²) in [4.78, 5) is 25.8. The van der Waals surface area contributed by atoms with Crippen molar-refractivity contribution in [3.8, 4) is 0 Å². The maximum atomic E-state index is 12.7. The van der Waals surface area contributed by atoms with Crippen molar-refractivity contribution in [2.75, 3.05) is 25.0 Å². The average Bonchev–Trinajstić information content (AvgIpc) is 3.32. The van der Waals surface area contributed by atoms with E-state index in [2.05, 4.69) is 15.7 Å². The Kier molecular flexibility index (Phi) is 4.27. The summed E-state index contributed by atoms with van der Waals surface area (Å²) in [6.45, 7) is 2.11. The van der Waals surface area contributed by atoms with Gasteiger partial charge in [-0.2, -0.15) is 5.10 Å². The summed E-state index contributed by atoms with van der Waals surface area (Å²) in [5.41, 5.74) is -0.479. The van der Waals surface area contributed by atoms with E-state index in [1.165, 1.54) is 0 Å². The van der Waals surface area contributed by atoms with E-state index in [0.29, 0.717) is 38.4 Å². The highest BCUT2D eigenvalue weighted by molar-refractivity contribution is 5.88. The Morgan fingerprint density at radius 3 is 3.04 bits per heavy atom. The third-order valence-corrected chi connectivity index (χ3v) is 4.89. The first-order chi connectivity index (χ1) is 12.6. The van der Waals surface area contributed by atoms with E-state index in [1.807, 2.05) is 12.1 Å². The van der Waals surface area contributed by atoms with Crippen molar-refractivity contribution in [2.24, 2.45) is 0 Å². The van der Waals surface area contributed by atoms with Crippen LogP contribution in [-0.2, 0) is 11.3 Å². The molecule has 0 bridgehead atoms. The highest BCUT2D eigenvalue weighted by Gasteiger charge is 2.41. The maximum absolute atomic E-state index is 12.7. The Morgan fingerprint density at radius 1 is 1.35 bits per heavy atom. The fourth-order valence-electron chi connectivity index (χ4n) is 3.46. The molecule has 1 spiro atoms. The number of ether oxygens (including phenoxy) is 1. The van der Waals surface area contributed by atoms with Crippen molar-refractivity contribution in [3.05, 3.63) is 36.4 Å². The molecule has 4 rings (SSSR count). The van der Waals surface area contributed by atoms with Crippen LogP contribution in [0.4, 0.5) is 15.4 Å². The zero-order valence-electron chi connectivity index (χ0n) is 14.3. The second kappa shape index (κ2) is 6.74. The zero-order valence-corrected chi connectivity index (χ0v) is 14.3. The molecule has 0 radical (unpaired) electrons. The van der Waals surface area contributed by atoms with E-state index >= 15 is 0 Å². The third kappa shape index (κ3) is 3.37. The minimum absolute atomic E-state index is 0.180. The van der Waals surface area contributed by atoms with E-state index in [-0.39, 0.29) is 12.1 Å². The number of aromatic nitrogens is 2. The highest BCUT2D eigenvalue weighted by atomic mass is 16.6. The van der Waals surface area contributed by atoms with Gasteiger partial charge in [-0.3, -0.25) is 5.32 Å². The molecule has 1 atom stereocenters. The van der Waals surface area contributed by atoms with Gasteiger partial charge in [0.15, 0.2) is 0 Å². The molecule has 3 amide bonds. The zero-order chi connectivity index (χ0) is 18.0. The van der Waals surface area contributed by atoms with Gasteiger partial charge in [0, 0.05) is 25.6 Å². The lowest BCUT2D eigenvalue weighted by molar-refractivity contribution is 0.0454. The lowest BCUT2D eigenvalue weighted by Crippen LogP contribution is -2.38. The van der Waals surface area contributed by atoms with Gasteiger partial charge in [0.05, 0.1) is 19.0 Å². The molecule has 2 fully saturated rings. The Hall–Kier alpha value is -2.97. The number of rotatable bonds is 3. The van der Waals surface area contributed by atoms with Crippen LogP contribution >= 0.6 is 0 Å². The monoisotopic (exact) mass is 359 g/mol. The third-order valence-electron chi connectivity index (χ3n) is 4.89. The molecule has 26 heavy (non-hydrogen) atoms. The number of hydrogen-bond acceptors (Lipinski definition) is 5. The smallest absolute Gasteiger partial charge is 0.407 e. The Labute approximate surface area is 150 Å².